The van der Waals surface area contributed by atoms with Crippen LogP contribution in [-0.2, 0) is 20.7 Å². The van der Waals surface area contributed by atoms with Gasteiger partial charge in [-0.25, -0.2) is 0 Å². The van der Waals surface area contributed by atoms with E-state index in [1.54, 1.807) is 33.5 Å². The Hall–Kier alpha value is -3.22. The molecule has 0 saturated heterocycles. The normalized spacial score (nSPS) is 11.3. The highest BCUT2D eigenvalue weighted by Gasteiger charge is 2.19. The fourth-order valence-corrected chi connectivity index (χ4v) is 2.90. The molecule has 2 rings (SSSR count). The number of amides is 1. The summed E-state index contributed by atoms with van der Waals surface area (Å²) in [5, 5.41) is 2.92. The fourth-order valence-electron chi connectivity index (χ4n) is 2.90. The number of hydrogen-bond donors (Lipinski definition) is 1. The standard InChI is InChI=1S/C22H27NO6/c1-26-17-9-7-16(8-10-17)18(14-22(25)29-4)23-21(24)12-6-15-5-11-19(27-2)20(13-15)28-3/h5,7-11,13,18H,6,12,14H2,1-4H3,(H,23,24). The zero-order chi connectivity index (χ0) is 21.2. The average Bonchev–Trinajstić information content (AvgIpc) is 2.76. The van der Waals surface area contributed by atoms with Gasteiger partial charge >= 0.3 is 5.97 Å². The topological polar surface area (TPSA) is 83.1 Å². The Morgan fingerprint density at radius 3 is 2.17 bits per heavy atom. The zero-order valence-corrected chi connectivity index (χ0v) is 17.2. The van der Waals surface area contributed by atoms with Crippen LogP contribution in [0.1, 0.15) is 30.0 Å². The molecule has 0 spiro atoms. The molecule has 0 aromatic heterocycles. The van der Waals surface area contributed by atoms with Crippen molar-refractivity contribution in [2.24, 2.45) is 0 Å². The molecule has 2 aromatic carbocycles. The van der Waals surface area contributed by atoms with Crippen LogP contribution in [0.2, 0.25) is 0 Å². The van der Waals surface area contributed by atoms with Gasteiger partial charge in [-0.15, -0.1) is 0 Å². The maximum absolute atomic E-state index is 12.5. The second-order valence-electron chi connectivity index (χ2n) is 6.36. The predicted octanol–water partition coefficient (Wildman–Crippen LogP) is 3.07. The number of nitrogens with one attached hydrogen (secondary N) is 1. The molecule has 0 aliphatic heterocycles. The lowest BCUT2D eigenvalue weighted by Crippen LogP contribution is -2.30. The Morgan fingerprint density at radius 1 is 0.897 bits per heavy atom. The predicted molar refractivity (Wildman–Crippen MR) is 108 cm³/mol. The first-order valence-corrected chi connectivity index (χ1v) is 9.21. The molecule has 0 fully saturated rings. The molecule has 29 heavy (non-hydrogen) atoms. The van der Waals surface area contributed by atoms with Crippen molar-refractivity contribution in [2.75, 3.05) is 28.4 Å². The lowest BCUT2D eigenvalue weighted by atomic mass is 10.0. The summed E-state index contributed by atoms with van der Waals surface area (Å²) >= 11 is 0. The molecule has 156 valence electrons. The van der Waals surface area contributed by atoms with Gasteiger partial charge in [0.05, 0.1) is 40.9 Å². The molecular formula is C22H27NO6. The van der Waals surface area contributed by atoms with Gasteiger partial charge in [0, 0.05) is 6.42 Å². The van der Waals surface area contributed by atoms with Crippen molar-refractivity contribution in [2.45, 2.75) is 25.3 Å². The van der Waals surface area contributed by atoms with E-state index in [0.717, 1.165) is 11.1 Å². The summed E-state index contributed by atoms with van der Waals surface area (Å²) in [5.74, 6) is 1.39. The van der Waals surface area contributed by atoms with Gasteiger partial charge in [0.15, 0.2) is 11.5 Å². The third-order valence-corrected chi connectivity index (χ3v) is 4.54. The van der Waals surface area contributed by atoms with Crippen molar-refractivity contribution < 1.29 is 28.5 Å². The summed E-state index contributed by atoms with van der Waals surface area (Å²) in [7, 11) is 6.05. The minimum atomic E-state index is -0.480. The Labute approximate surface area is 170 Å². The smallest absolute Gasteiger partial charge is 0.307 e. The van der Waals surface area contributed by atoms with E-state index in [0.29, 0.717) is 23.7 Å². The van der Waals surface area contributed by atoms with Crippen LogP contribution >= 0.6 is 0 Å². The number of hydrogen-bond acceptors (Lipinski definition) is 6. The second-order valence-corrected chi connectivity index (χ2v) is 6.36. The van der Waals surface area contributed by atoms with Crippen molar-refractivity contribution >= 4 is 11.9 Å². The van der Waals surface area contributed by atoms with Crippen LogP contribution in [0, 0.1) is 0 Å². The molecule has 0 heterocycles. The van der Waals surface area contributed by atoms with E-state index in [1.807, 2.05) is 30.3 Å². The van der Waals surface area contributed by atoms with Crippen molar-refractivity contribution in [3.8, 4) is 17.2 Å². The summed E-state index contributed by atoms with van der Waals surface area (Å²) in [4.78, 5) is 24.3. The lowest BCUT2D eigenvalue weighted by molar-refractivity contribution is -0.141. The van der Waals surface area contributed by atoms with Crippen LogP contribution < -0.4 is 19.5 Å². The molecule has 0 saturated carbocycles. The first-order chi connectivity index (χ1) is 14.0. The first-order valence-electron chi connectivity index (χ1n) is 9.21. The number of esters is 1. The molecule has 0 bridgehead atoms. The van der Waals surface area contributed by atoms with Gasteiger partial charge in [0.25, 0.3) is 0 Å². The zero-order valence-electron chi connectivity index (χ0n) is 17.2. The van der Waals surface area contributed by atoms with E-state index in [9.17, 15) is 9.59 Å². The first kappa shape index (κ1) is 22.1. The van der Waals surface area contributed by atoms with Gasteiger partial charge in [-0.05, 0) is 41.8 Å². The quantitative estimate of drug-likeness (QED) is 0.616. The van der Waals surface area contributed by atoms with Crippen LogP contribution in [0.4, 0.5) is 0 Å². The molecule has 2 aromatic rings. The molecule has 0 aliphatic carbocycles. The third kappa shape index (κ3) is 6.41. The van der Waals surface area contributed by atoms with E-state index in [2.05, 4.69) is 5.32 Å². The molecule has 7 nitrogen and oxygen atoms in total. The van der Waals surface area contributed by atoms with E-state index in [4.69, 9.17) is 18.9 Å². The van der Waals surface area contributed by atoms with Gasteiger partial charge in [0.2, 0.25) is 5.91 Å². The Morgan fingerprint density at radius 2 is 1.59 bits per heavy atom. The molecule has 1 unspecified atom stereocenters. The molecule has 0 aliphatic rings. The summed E-state index contributed by atoms with van der Waals surface area (Å²) < 4.78 is 20.4. The maximum atomic E-state index is 12.5. The van der Waals surface area contributed by atoms with Gasteiger partial charge in [-0.1, -0.05) is 18.2 Å². The molecule has 0 radical (unpaired) electrons. The molecule has 7 heteroatoms. The van der Waals surface area contributed by atoms with Crippen LogP contribution in [0.3, 0.4) is 0 Å². The average molecular weight is 401 g/mol. The SMILES string of the molecule is COC(=O)CC(NC(=O)CCc1ccc(OC)c(OC)c1)c1ccc(OC)cc1. The van der Waals surface area contributed by atoms with E-state index < -0.39 is 12.0 Å². The summed E-state index contributed by atoms with van der Waals surface area (Å²) in [6.07, 6.45) is 0.841. The number of carbonyl (C=O) groups is 2. The van der Waals surface area contributed by atoms with Gasteiger partial charge in [-0.3, -0.25) is 9.59 Å². The van der Waals surface area contributed by atoms with Crippen LogP contribution in [0.25, 0.3) is 0 Å². The minimum absolute atomic E-state index is 0.0466. The van der Waals surface area contributed by atoms with E-state index >= 15 is 0 Å². The van der Waals surface area contributed by atoms with Gasteiger partial charge < -0.3 is 24.3 Å². The largest absolute Gasteiger partial charge is 0.497 e. The Bertz CT molecular complexity index is 819. The Balaban J connectivity index is 2.04. The Kier molecular flexibility index (Phi) is 8.33. The monoisotopic (exact) mass is 401 g/mol. The van der Waals surface area contributed by atoms with Crippen LogP contribution in [0.15, 0.2) is 42.5 Å². The van der Waals surface area contributed by atoms with Crippen molar-refractivity contribution in [3.63, 3.8) is 0 Å². The van der Waals surface area contributed by atoms with Gasteiger partial charge in [0.1, 0.15) is 5.75 Å². The van der Waals surface area contributed by atoms with Gasteiger partial charge in [-0.2, -0.15) is 0 Å². The summed E-state index contributed by atoms with van der Waals surface area (Å²) in [6.45, 7) is 0. The highest BCUT2D eigenvalue weighted by Crippen LogP contribution is 2.28. The van der Waals surface area contributed by atoms with Crippen LogP contribution in [-0.4, -0.2) is 40.3 Å². The summed E-state index contributed by atoms with van der Waals surface area (Å²) in [5.41, 5.74) is 1.75. The number of methoxy groups -OCH3 is 4. The van der Waals surface area contributed by atoms with E-state index in [-0.39, 0.29) is 18.7 Å². The molecular weight excluding hydrogens is 374 g/mol. The molecule has 1 atom stereocenters. The molecule has 1 amide bonds. The number of carbonyl (C=O) groups excluding carboxylic acids is 2. The minimum Gasteiger partial charge on any atom is -0.497 e. The van der Waals surface area contributed by atoms with Crippen molar-refractivity contribution in [1.29, 1.82) is 0 Å². The number of rotatable bonds is 10. The molecule has 1 N–H and O–H groups in total. The second kappa shape index (κ2) is 10.9. The maximum Gasteiger partial charge on any atom is 0.307 e. The fraction of sp³-hybridized carbons (Fsp3) is 0.364. The lowest BCUT2D eigenvalue weighted by Gasteiger charge is -2.19. The highest BCUT2D eigenvalue weighted by atomic mass is 16.5. The third-order valence-electron chi connectivity index (χ3n) is 4.54. The highest BCUT2D eigenvalue weighted by molar-refractivity contribution is 5.78. The van der Waals surface area contributed by atoms with Crippen LogP contribution in [0.5, 0.6) is 17.2 Å². The van der Waals surface area contributed by atoms with Crippen molar-refractivity contribution in [3.05, 3.63) is 53.6 Å². The van der Waals surface area contributed by atoms with Crippen molar-refractivity contribution in [1.82, 2.24) is 5.32 Å². The summed E-state index contributed by atoms with van der Waals surface area (Å²) in [6, 6.07) is 12.3. The number of aryl methyl sites for hydroxylation is 1. The number of ether oxygens (including phenoxy) is 4. The number of benzene rings is 2. The van der Waals surface area contributed by atoms with E-state index in [1.165, 1.54) is 7.11 Å².